The van der Waals surface area contributed by atoms with Crippen LogP contribution in [-0.2, 0) is 20.6 Å². The van der Waals surface area contributed by atoms with Crippen LogP contribution in [0.1, 0.15) is 25.8 Å². The van der Waals surface area contributed by atoms with Crippen molar-refractivity contribution < 1.29 is 23.1 Å². The van der Waals surface area contributed by atoms with Crippen molar-refractivity contribution in [1.82, 2.24) is 4.72 Å². The summed E-state index contributed by atoms with van der Waals surface area (Å²) in [5, 5.41) is 9.09. The van der Waals surface area contributed by atoms with Gasteiger partial charge in [-0.2, -0.15) is 0 Å². The first-order valence-corrected chi connectivity index (χ1v) is 8.24. The smallest absolute Gasteiger partial charge is 0.321 e. The number of hydrogen-bond donors (Lipinski definition) is 2. The van der Waals surface area contributed by atoms with Crippen LogP contribution in [0.4, 0.5) is 0 Å². The topological polar surface area (TPSA) is 92.7 Å². The number of rotatable bonds is 8. The van der Waals surface area contributed by atoms with Crippen LogP contribution in [0.15, 0.2) is 24.3 Å². The molecule has 6 nitrogen and oxygen atoms in total. The number of carboxylic acid groups (broad SMARTS) is 1. The van der Waals surface area contributed by atoms with Gasteiger partial charge in [-0.1, -0.05) is 26.0 Å². The summed E-state index contributed by atoms with van der Waals surface area (Å²) in [7, 11) is -2.24. The van der Waals surface area contributed by atoms with Crippen LogP contribution >= 0.6 is 0 Å². The van der Waals surface area contributed by atoms with Crippen LogP contribution in [0.3, 0.4) is 0 Å². The van der Waals surface area contributed by atoms with Gasteiger partial charge in [0.1, 0.15) is 11.8 Å². The monoisotopic (exact) mass is 315 g/mol. The molecule has 0 aliphatic carbocycles. The lowest BCUT2D eigenvalue weighted by atomic mass is 10.1. The summed E-state index contributed by atoms with van der Waals surface area (Å²) < 4.78 is 31.4. The Kier molecular flexibility index (Phi) is 6.17. The summed E-state index contributed by atoms with van der Waals surface area (Å²) >= 11 is 0. The highest BCUT2D eigenvalue weighted by molar-refractivity contribution is 7.88. The summed E-state index contributed by atoms with van der Waals surface area (Å²) in [5.74, 6) is -0.824. The number of carboxylic acids is 1. The predicted octanol–water partition coefficient (Wildman–Crippen LogP) is 1.61. The van der Waals surface area contributed by atoms with Crippen LogP contribution in [-0.4, -0.2) is 32.6 Å². The third kappa shape index (κ3) is 6.14. The number of aliphatic carboxylic acids is 1. The van der Waals surface area contributed by atoms with Crippen LogP contribution in [0, 0.1) is 5.92 Å². The Morgan fingerprint density at radius 2 is 2.05 bits per heavy atom. The SMILES string of the molecule is COc1cccc(CS(=O)(=O)N[C@H](CC(C)C)C(=O)O)c1. The summed E-state index contributed by atoms with van der Waals surface area (Å²) in [4.78, 5) is 11.1. The van der Waals surface area contributed by atoms with Gasteiger partial charge in [0.2, 0.25) is 10.0 Å². The Labute approximate surface area is 125 Å². The predicted molar refractivity (Wildman–Crippen MR) is 79.6 cm³/mol. The number of methoxy groups -OCH3 is 1. The highest BCUT2D eigenvalue weighted by atomic mass is 32.2. The molecule has 7 heteroatoms. The van der Waals surface area contributed by atoms with Gasteiger partial charge in [0, 0.05) is 0 Å². The van der Waals surface area contributed by atoms with E-state index in [1.807, 2.05) is 13.8 Å². The molecule has 118 valence electrons. The second-order valence-electron chi connectivity index (χ2n) is 5.25. The number of benzene rings is 1. The highest BCUT2D eigenvalue weighted by Crippen LogP contribution is 2.15. The molecule has 0 aliphatic rings. The molecule has 1 rings (SSSR count). The fourth-order valence-corrected chi connectivity index (χ4v) is 3.24. The van der Waals surface area contributed by atoms with Crippen molar-refractivity contribution in [1.29, 1.82) is 0 Å². The van der Waals surface area contributed by atoms with E-state index in [9.17, 15) is 13.2 Å². The van der Waals surface area contributed by atoms with Crippen LogP contribution in [0.2, 0.25) is 0 Å². The van der Waals surface area contributed by atoms with Crippen molar-refractivity contribution in [2.24, 2.45) is 5.92 Å². The van der Waals surface area contributed by atoms with Gasteiger partial charge in [-0.15, -0.1) is 0 Å². The summed E-state index contributed by atoms with van der Waals surface area (Å²) in [6.45, 7) is 3.68. The summed E-state index contributed by atoms with van der Waals surface area (Å²) in [5.41, 5.74) is 0.538. The van der Waals surface area contributed by atoms with Crippen molar-refractivity contribution in [3.05, 3.63) is 29.8 Å². The Hall–Kier alpha value is -1.60. The number of ether oxygens (including phenoxy) is 1. The fourth-order valence-electron chi connectivity index (χ4n) is 1.91. The maximum Gasteiger partial charge on any atom is 0.321 e. The molecule has 0 fully saturated rings. The molecule has 0 bridgehead atoms. The van der Waals surface area contributed by atoms with E-state index in [1.54, 1.807) is 24.3 Å². The van der Waals surface area contributed by atoms with Crippen molar-refractivity contribution in [2.45, 2.75) is 32.1 Å². The first-order chi connectivity index (χ1) is 9.73. The number of sulfonamides is 1. The molecule has 0 aliphatic heterocycles. The number of nitrogens with one attached hydrogen (secondary N) is 1. The van der Waals surface area contributed by atoms with Gasteiger partial charge < -0.3 is 9.84 Å². The largest absolute Gasteiger partial charge is 0.497 e. The number of carbonyl (C=O) groups is 1. The van der Waals surface area contributed by atoms with Gasteiger partial charge in [-0.05, 0) is 30.0 Å². The second-order valence-corrected chi connectivity index (χ2v) is 7.00. The van der Waals surface area contributed by atoms with E-state index in [0.29, 0.717) is 11.3 Å². The van der Waals surface area contributed by atoms with E-state index in [0.717, 1.165) is 0 Å². The quantitative estimate of drug-likeness (QED) is 0.760. The molecule has 0 saturated carbocycles. The first kappa shape index (κ1) is 17.5. The fraction of sp³-hybridized carbons (Fsp3) is 0.500. The van der Waals surface area contributed by atoms with E-state index in [1.165, 1.54) is 7.11 Å². The van der Waals surface area contributed by atoms with Crippen molar-refractivity contribution in [2.75, 3.05) is 7.11 Å². The van der Waals surface area contributed by atoms with Crippen LogP contribution in [0.5, 0.6) is 5.75 Å². The van der Waals surface area contributed by atoms with Crippen LogP contribution < -0.4 is 9.46 Å². The molecule has 2 N–H and O–H groups in total. The van der Waals surface area contributed by atoms with Crippen molar-refractivity contribution in [3.8, 4) is 5.75 Å². The van der Waals surface area contributed by atoms with E-state index in [4.69, 9.17) is 9.84 Å². The zero-order valence-electron chi connectivity index (χ0n) is 12.4. The third-order valence-electron chi connectivity index (χ3n) is 2.82. The van der Waals surface area contributed by atoms with E-state index >= 15 is 0 Å². The lowest BCUT2D eigenvalue weighted by Crippen LogP contribution is -2.42. The minimum atomic E-state index is -3.74. The molecule has 1 atom stereocenters. The lowest BCUT2D eigenvalue weighted by Gasteiger charge is -2.16. The van der Waals surface area contributed by atoms with Gasteiger partial charge in [0.15, 0.2) is 0 Å². The molecule has 1 aromatic carbocycles. The summed E-state index contributed by atoms with van der Waals surface area (Å²) in [6, 6.07) is 5.55. The minimum Gasteiger partial charge on any atom is -0.497 e. The molecular weight excluding hydrogens is 294 g/mol. The molecule has 21 heavy (non-hydrogen) atoms. The number of hydrogen-bond acceptors (Lipinski definition) is 4. The molecule has 1 aromatic rings. The third-order valence-corrected chi connectivity index (χ3v) is 4.17. The summed E-state index contributed by atoms with van der Waals surface area (Å²) in [6.07, 6.45) is 0.243. The Balaban J connectivity index is 2.82. The van der Waals surface area contributed by atoms with Gasteiger partial charge in [-0.3, -0.25) is 4.79 Å². The van der Waals surface area contributed by atoms with Gasteiger partial charge in [0.05, 0.1) is 12.9 Å². The normalized spacial score (nSPS) is 13.1. The molecule has 0 saturated heterocycles. The van der Waals surface area contributed by atoms with Gasteiger partial charge >= 0.3 is 5.97 Å². The molecule has 0 spiro atoms. The molecule has 0 radical (unpaired) electrons. The van der Waals surface area contributed by atoms with Gasteiger partial charge in [-0.25, -0.2) is 13.1 Å². The maximum absolute atomic E-state index is 12.1. The zero-order chi connectivity index (χ0) is 16.0. The van der Waals surface area contributed by atoms with E-state index in [2.05, 4.69) is 4.72 Å². The standard InChI is InChI=1S/C14H21NO5S/c1-10(2)7-13(14(16)17)15-21(18,19)9-11-5-4-6-12(8-11)20-3/h4-6,8,10,13,15H,7,9H2,1-3H3,(H,16,17)/t13-/m1/s1. The van der Waals surface area contributed by atoms with Crippen molar-refractivity contribution >= 4 is 16.0 Å². The molecule has 0 aromatic heterocycles. The second kappa shape index (κ2) is 7.42. The Morgan fingerprint density at radius 1 is 1.38 bits per heavy atom. The molecule has 0 amide bonds. The molecule has 0 heterocycles. The lowest BCUT2D eigenvalue weighted by molar-refractivity contribution is -0.139. The van der Waals surface area contributed by atoms with E-state index < -0.39 is 22.0 Å². The van der Waals surface area contributed by atoms with Gasteiger partial charge in [0.25, 0.3) is 0 Å². The minimum absolute atomic E-state index is 0.0746. The maximum atomic E-state index is 12.1. The molecule has 0 unspecified atom stereocenters. The first-order valence-electron chi connectivity index (χ1n) is 6.59. The highest BCUT2D eigenvalue weighted by Gasteiger charge is 2.25. The molecular formula is C14H21NO5S. The van der Waals surface area contributed by atoms with Crippen molar-refractivity contribution in [3.63, 3.8) is 0 Å². The average molecular weight is 315 g/mol. The average Bonchev–Trinajstić information content (AvgIpc) is 2.36. The Morgan fingerprint density at radius 3 is 2.57 bits per heavy atom. The van der Waals surface area contributed by atoms with Crippen LogP contribution in [0.25, 0.3) is 0 Å². The Bertz CT molecular complexity index is 583. The van der Waals surface area contributed by atoms with E-state index in [-0.39, 0.29) is 18.1 Å². The zero-order valence-corrected chi connectivity index (χ0v) is 13.2.